The second-order valence-electron chi connectivity index (χ2n) is 6.86. The third-order valence-corrected chi connectivity index (χ3v) is 5.74. The number of aromatic nitrogens is 2. The first-order valence-electron chi connectivity index (χ1n) is 8.68. The summed E-state index contributed by atoms with van der Waals surface area (Å²) in [7, 11) is 0. The van der Waals surface area contributed by atoms with Crippen molar-refractivity contribution in [3.05, 3.63) is 34.7 Å². The van der Waals surface area contributed by atoms with E-state index in [0.717, 1.165) is 35.8 Å². The van der Waals surface area contributed by atoms with Crippen LogP contribution in [0.5, 0.6) is 0 Å². The number of rotatable bonds is 3. The van der Waals surface area contributed by atoms with Gasteiger partial charge in [-0.1, -0.05) is 0 Å². The molecule has 0 bridgehead atoms. The van der Waals surface area contributed by atoms with Crippen LogP contribution >= 0.6 is 15.9 Å². The van der Waals surface area contributed by atoms with E-state index < -0.39 is 0 Å². The SMILES string of the molecule is O=C(NCC1CC2(CCNCC2)C(=O)O1)c1ccc2cncc(Br)c2n1. The number of piperidine rings is 1. The van der Waals surface area contributed by atoms with Crippen LogP contribution in [0.15, 0.2) is 29.0 Å². The van der Waals surface area contributed by atoms with Gasteiger partial charge < -0.3 is 15.4 Å². The highest BCUT2D eigenvalue weighted by Crippen LogP contribution is 2.41. The molecule has 0 aromatic carbocycles. The minimum Gasteiger partial charge on any atom is -0.460 e. The minimum atomic E-state index is -0.375. The molecule has 2 aliphatic heterocycles. The van der Waals surface area contributed by atoms with Crippen molar-refractivity contribution in [3.63, 3.8) is 0 Å². The predicted molar refractivity (Wildman–Crippen MR) is 98.6 cm³/mol. The van der Waals surface area contributed by atoms with Gasteiger partial charge in [0.05, 0.1) is 21.9 Å². The van der Waals surface area contributed by atoms with Crippen molar-refractivity contribution >= 4 is 38.7 Å². The van der Waals surface area contributed by atoms with Crippen LogP contribution < -0.4 is 10.6 Å². The molecule has 7 nitrogen and oxygen atoms in total. The minimum absolute atomic E-state index is 0.126. The highest BCUT2D eigenvalue weighted by atomic mass is 79.9. The summed E-state index contributed by atoms with van der Waals surface area (Å²) >= 11 is 3.40. The lowest BCUT2D eigenvalue weighted by atomic mass is 9.76. The third-order valence-electron chi connectivity index (χ3n) is 5.16. The van der Waals surface area contributed by atoms with Crippen molar-refractivity contribution in [2.75, 3.05) is 19.6 Å². The van der Waals surface area contributed by atoms with Gasteiger partial charge in [0.15, 0.2) is 0 Å². The first-order valence-corrected chi connectivity index (χ1v) is 9.47. The van der Waals surface area contributed by atoms with Crippen LogP contribution in [-0.2, 0) is 9.53 Å². The quantitative estimate of drug-likeness (QED) is 0.738. The van der Waals surface area contributed by atoms with Crippen LogP contribution in [0.25, 0.3) is 10.9 Å². The highest BCUT2D eigenvalue weighted by molar-refractivity contribution is 9.10. The number of carbonyl (C=O) groups is 2. The van der Waals surface area contributed by atoms with Crippen LogP contribution in [0.3, 0.4) is 0 Å². The van der Waals surface area contributed by atoms with Crippen molar-refractivity contribution in [2.45, 2.75) is 25.4 Å². The first-order chi connectivity index (χ1) is 12.6. The second-order valence-corrected chi connectivity index (χ2v) is 7.72. The molecule has 0 aliphatic carbocycles. The van der Waals surface area contributed by atoms with Crippen LogP contribution in [0.1, 0.15) is 29.8 Å². The zero-order valence-corrected chi connectivity index (χ0v) is 15.7. The number of nitrogens with one attached hydrogen (secondary N) is 2. The number of cyclic esters (lactones) is 1. The summed E-state index contributed by atoms with van der Waals surface area (Å²) in [5.41, 5.74) is 0.638. The number of pyridine rings is 2. The average molecular weight is 419 g/mol. The van der Waals surface area contributed by atoms with Gasteiger partial charge in [-0.05, 0) is 54.0 Å². The summed E-state index contributed by atoms with van der Waals surface area (Å²) in [5.74, 6) is -0.406. The lowest BCUT2D eigenvalue weighted by Gasteiger charge is -2.29. The fraction of sp³-hybridized carbons (Fsp3) is 0.444. The molecule has 4 rings (SSSR count). The smallest absolute Gasteiger partial charge is 0.312 e. The molecule has 2 aromatic heterocycles. The number of nitrogens with zero attached hydrogens (tertiary/aromatic N) is 2. The van der Waals surface area contributed by atoms with Gasteiger partial charge in [-0.15, -0.1) is 0 Å². The van der Waals surface area contributed by atoms with Crippen molar-refractivity contribution in [2.24, 2.45) is 5.41 Å². The zero-order chi connectivity index (χ0) is 18.1. The number of carbonyl (C=O) groups excluding carboxylic acids is 2. The maximum atomic E-state index is 12.5. The Labute approximate surface area is 159 Å². The van der Waals surface area contributed by atoms with Gasteiger partial charge in [0.25, 0.3) is 5.91 Å². The molecule has 0 saturated carbocycles. The van der Waals surface area contributed by atoms with Gasteiger partial charge in [0.2, 0.25) is 0 Å². The van der Waals surface area contributed by atoms with Crippen molar-refractivity contribution in [1.82, 2.24) is 20.6 Å². The van der Waals surface area contributed by atoms with Gasteiger partial charge in [-0.2, -0.15) is 0 Å². The molecule has 1 spiro atoms. The molecule has 2 saturated heterocycles. The summed E-state index contributed by atoms with van der Waals surface area (Å²) in [4.78, 5) is 33.2. The van der Waals surface area contributed by atoms with E-state index in [1.165, 1.54) is 0 Å². The predicted octanol–water partition coefficient (Wildman–Crippen LogP) is 1.81. The Morgan fingerprint density at radius 2 is 2.15 bits per heavy atom. The topological polar surface area (TPSA) is 93.2 Å². The van der Waals surface area contributed by atoms with Crippen LogP contribution in [0, 0.1) is 5.41 Å². The van der Waals surface area contributed by atoms with E-state index in [4.69, 9.17) is 4.74 Å². The number of hydrogen-bond acceptors (Lipinski definition) is 6. The second kappa shape index (κ2) is 6.92. The molecule has 1 unspecified atom stereocenters. The Bertz CT molecular complexity index is 867. The van der Waals surface area contributed by atoms with Gasteiger partial charge in [-0.3, -0.25) is 14.6 Å². The molecule has 2 aromatic rings. The fourth-order valence-electron chi connectivity index (χ4n) is 3.70. The molecular weight excluding hydrogens is 400 g/mol. The maximum absolute atomic E-state index is 12.5. The Morgan fingerprint density at radius 3 is 2.96 bits per heavy atom. The summed E-state index contributed by atoms with van der Waals surface area (Å²) in [6.45, 7) is 1.97. The molecule has 4 heterocycles. The summed E-state index contributed by atoms with van der Waals surface area (Å²) < 4.78 is 6.25. The van der Waals surface area contributed by atoms with Crippen molar-refractivity contribution < 1.29 is 14.3 Å². The molecule has 1 atom stereocenters. The molecule has 1 amide bonds. The lowest BCUT2D eigenvalue weighted by molar-refractivity contribution is -0.149. The van der Waals surface area contributed by atoms with Crippen LogP contribution in [-0.4, -0.2) is 47.6 Å². The number of halogens is 1. The normalized spacial score (nSPS) is 21.7. The third kappa shape index (κ3) is 3.19. The largest absolute Gasteiger partial charge is 0.460 e. The van der Waals surface area contributed by atoms with E-state index in [2.05, 4.69) is 36.5 Å². The van der Waals surface area contributed by atoms with Crippen LogP contribution in [0.2, 0.25) is 0 Å². The molecule has 2 fully saturated rings. The molecule has 0 radical (unpaired) electrons. The summed E-state index contributed by atoms with van der Waals surface area (Å²) in [6, 6.07) is 3.48. The van der Waals surface area contributed by atoms with E-state index in [0.29, 0.717) is 24.2 Å². The molecule has 8 heteroatoms. The van der Waals surface area contributed by atoms with Crippen molar-refractivity contribution in [3.8, 4) is 0 Å². The van der Waals surface area contributed by atoms with E-state index in [9.17, 15) is 9.59 Å². The van der Waals surface area contributed by atoms with E-state index in [1.807, 2.05) is 6.07 Å². The molecule has 26 heavy (non-hydrogen) atoms. The number of fused-ring (bicyclic) bond motifs is 1. The van der Waals surface area contributed by atoms with Gasteiger partial charge in [0.1, 0.15) is 11.8 Å². The zero-order valence-electron chi connectivity index (χ0n) is 14.1. The number of amides is 1. The average Bonchev–Trinajstić information content (AvgIpc) is 2.95. The number of hydrogen-bond donors (Lipinski definition) is 2. The van der Waals surface area contributed by atoms with Crippen LogP contribution in [0.4, 0.5) is 0 Å². The van der Waals surface area contributed by atoms with E-state index in [1.54, 1.807) is 18.5 Å². The monoisotopic (exact) mass is 418 g/mol. The molecule has 2 N–H and O–H groups in total. The number of ether oxygens (including phenoxy) is 1. The standard InChI is InChI=1S/C18H19BrN4O3/c19-13-10-21-8-11-1-2-14(23-15(11)13)16(24)22-9-12-7-18(17(25)26-12)3-5-20-6-4-18/h1-2,8,10,12,20H,3-7,9H2,(H,22,24). The van der Waals surface area contributed by atoms with Crippen molar-refractivity contribution in [1.29, 1.82) is 0 Å². The Balaban J connectivity index is 1.41. The molecule has 2 aliphatic rings. The first kappa shape index (κ1) is 17.4. The van der Waals surface area contributed by atoms with E-state index in [-0.39, 0.29) is 23.4 Å². The fourth-order valence-corrected chi connectivity index (χ4v) is 4.13. The number of esters is 1. The van der Waals surface area contributed by atoms with Gasteiger partial charge in [0, 0.05) is 24.2 Å². The summed E-state index contributed by atoms with van der Waals surface area (Å²) in [6.07, 6.45) is 5.32. The van der Waals surface area contributed by atoms with Gasteiger partial charge >= 0.3 is 5.97 Å². The van der Waals surface area contributed by atoms with Gasteiger partial charge in [-0.25, -0.2) is 4.98 Å². The lowest BCUT2D eigenvalue weighted by Crippen LogP contribution is -2.39. The maximum Gasteiger partial charge on any atom is 0.312 e. The molecular formula is C18H19BrN4O3. The summed E-state index contributed by atoms with van der Waals surface area (Å²) in [5, 5.41) is 6.97. The Kier molecular flexibility index (Phi) is 4.62. The van der Waals surface area contributed by atoms with E-state index >= 15 is 0 Å². The Morgan fingerprint density at radius 1 is 1.35 bits per heavy atom. The molecule has 136 valence electrons. The Hall–Kier alpha value is -2.06. The highest BCUT2D eigenvalue weighted by Gasteiger charge is 2.49.